The second-order valence-corrected chi connectivity index (χ2v) is 5.96. The van der Waals surface area contributed by atoms with Crippen molar-refractivity contribution in [1.82, 2.24) is 10.3 Å². The number of methoxy groups -OCH3 is 1. The van der Waals surface area contributed by atoms with Gasteiger partial charge in [0.25, 0.3) is 0 Å². The zero-order chi connectivity index (χ0) is 14.5. The van der Waals surface area contributed by atoms with Gasteiger partial charge >= 0.3 is 0 Å². The average molecular weight is 277 g/mol. The van der Waals surface area contributed by atoms with E-state index in [4.69, 9.17) is 9.72 Å². The van der Waals surface area contributed by atoms with Crippen LogP contribution in [0, 0.1) is 6.92 Å². The number of hydrogen-bond acceptors (Lipinski definition) is 4. The number of anilines is 1. The summed E-state index contributed by atoms with van der Waals surface area (Å²) in [6.07, 6.45) is 2.66. The fourth-order valence-corrected chi connectivity index (χ4v) is 2.65. The third kappa shape index (κ3) is 4.18. The van der Waals surface area contributed by atoms with Crippen molar-refractivity contribution in [1.29, 1.82) is 0 Å². The van der Waals surface area contributed by atoms with Crippen molar-refractivity contribution in [2.24, 2.45) is 0 Å². The highest BCUT2D eigenvalue weighted by Crippen LogP contribution is 2.21. The van der Waals surface area contributed by atoms with Gasteiger partial charge in [0.15, 0.2) is 0 Å². The summed E-state index contributed by atoms with van der Waals surface area (Å²) in [7, 11) is 1.80. The van der Waals surface area contributed by atoms with Crippen LogP contribution >= 0.6 is 0 Å². The van der Waals surface area contributed by atoms with Gasteiger partial charge in [0.1, 0.15) is 5.82 Å². The number of rotatable bonds is 5. The summed E-state index contributed by atoms with van der Waals surface area (Å²) in [5.74, 6) is 1.09. The Morgan fingerprint density at radius 1 is 1.45 bits per heavy atom. The molecule has 1 aromatic heterocycles. The molecular weight excluding hydrogens is 250 g/mol. The molecule has 0 bridgehead atoms. The molecule has 4 heteroatoms. The van der Waals surface area contributed by atoms with E-state index in [1.54, 1.807) is 7.11 Å². The molecule has 1 aliphatic heterocycles. The Balaban J connectivity index is 2.10. The molecule has 0 amide bonds. The zero-order valence-corrected chi connectivity index (χ0v) is 13.1. The lowest BCUT2D eigenvalue weighted by atomic mass is 10.1. The van der Waals surface area contributed by atoms with Crippen molar-refractivity contribution in [3.63, 3.8) is 0 Å². The first-order valence-corrected chi connectivity index (χ1v) is 7.57. The first-order valence-electron chi connectivity index (χ1n) is 7.57. The largest absolute Gasteiger partial charge is 0.380 e. The average Bonchev–Trinajstić information content (AvgIpc) is 2.44. The fourth-order valence-electron chi connectivity index (χ4n) is 2.65. The molecular formula is C16H27N3O. The third-order valence-electron chi connectivity index (χ3n) is 3.75. The number of aryl methyl sites for hydroxylation is 1. The van der Waals surface area contributed by atoms with E-state index < -0.39 is 0 Å². The molecule has 0 aromatic carbocycles. The molecule has 20 heavy (non-hydrogen) atoms. The minimum atomic E-state index is 0.336. The molecule has 0 saturated carbocycles. The lowest BCUT2D eigenvalue weighted by Crippen LogP contribution is -2.39. The molecule has 0 spiro atoms. The number of hydrogen-bond donors (Lipinski definition) is 1. The van der Waals surface area contributed by atoms with E-state index in [-0.39, 0.29) is 0 Å². The van der Waals surface area contributed by atoms with Gasteiger partial charge < -0.3 is 15.0 Å². The molecule has 1 atom stereocenters. The van der Waals surface area contributed by atoms with E-state index >= 15 is 0 Å². The highest BCUT2D eigenvalue weighted by atomic mass is 16.5. The third-order valence-corrected chi connectivity index (χ3v) is 3.75. The molecule has 1 saturated heterocycles. The highest BCUT2D eigenvalue weighted by molar-refractivity contribution is 5.43. The van der Waals surface area contributed by atoms with Crippen LogP contribution in [0.5, 0.6) is 0 Å². The van der Waals surface area contributed by atoms with Gasteiger partial charge in [-0.1, -0.05) is 13.8 Å². The van der Waals surface area contributed by atoms with Crippen molar-refractivity contribution in [2.45, 2.75) is 52.3 Å². The Bertz CT molecular complexity index is 434. The van der Waals surface area contributed by atoms with Crippen molar-refractivity contribution < 1.29 is 4.74 Å². The summed E-state index contributed by atoms with van der Waals surface area (Å²) in [6.45, 7) is 9.33. The van der Waals surface area contributed by atoms with Gasteiger partial charge in [-0.2, -0.15) is 0 Å². The van der Waals surface area contributed by atoms with Crippen LogP contribution in [-0.4, -0.2) is 37.3 Å². The predicted octanol–water partition coefficient (Wildman–Crippen LogP) is 2.50. The minimum absolute atomic E-state index is 0.336. The standard InChI is InChI=1S/C16H27N3O/c1-12(2)17-10-14-8-13(3)18-16(9-14)19-7-5-6-15(11-19)20-4/h8-9,12,15,17H,5-7,10-11H2,1-4H3. The van der Waals surface area contributed by atoms with Crippen LogP contribution in [0.25, 0.3) is 0 Å². The lowest BCUT2D eigenvalue weighted by Gasteiger charge is -2.33. The van der Waals surface area contributed by atoms with E-state index in [0.717, 1.165) is 37.6 Å². The molecule has 1 N–H and O–H groups in total. The Labute approximate surface area is 122 Å². The van der Waals surface area contributed by atoms with Crippen molar-refractivity contribution in [2.75, 3.05) is 25.1 Å². The first kappa shape index (κ1) is 15.3. The van der Waals surface area contributed by atoms with E-state index in [1.807, 2.05) is 0 Å². The monoisotopic (exact) mass is 277 g/mol. The molecule has 4 nitrogen and oxygen atoms in total. The van der Waals surface area contributed by atoms with Crippen molar-refractivity contribution in [3.8, 4) is 0 Å². The molecule has 0 aliphatic carbocycles. The summed E-state index contributed by atoms with van der Waals surface area (Å²) in [4.78, 5) is 7.05. The van der Waals surface area contributed by atoms with Crippen LogP contribution in [0.4, 0.5) is 5.82 Å². The maximum Gasteiger partial charge on any atom is 0.129 e. The normalized spacial score (nSPS) is 19.6. The quantitative estimate of drug-likeness (QED) is 0.897. The maximum absolute atomic E-state index is 5.50. The second kappa shape index (κ2) is 7.04. The van der Waals surface area contributed by atoms with E-state index in [0.29, 0.717) is 12.1 Å². The van der Waals surface area contributed by atoms with Gasteiger partial charge in [0.05, 0.1) is 6.10 Å². The molecule has 2 heterocycles. The van der Waals surface area contributed by atoms with Crippen LogP contribution in [0.1, 0.15) is 37.9 Å². The topological polar surface area (TPSA) is 37.4 Å². The maximum atomic E-state index is 5.50. The van der Waals surface area contributed by atoms with Crippen LogP contribution in [0.2, 0.25) is 0 Å². The van der Waals surface area contributed by atoms with Crippen LogP contribution in [0.3, 0.4) is 0 Å². The van der Waals surface area contributed by atoms with Gasteiger partial charge in [-0.15, -0.1) is 0 Å². The van der Waals surface area contributed by atoms with Gasteiger partial charge in [0.2, 0.25) is 0 Å². The molecule has 1 aromatic rings. The number of piperidine rings is 1. The van der Waals surface area contributed by atoms with Gasteiger partial charge in [-0.3, -0.25) is 0 Å². The number of pyridine rings is 1. The van der Waals surface area contributed by atoms with E-state index in [9.17, 15) is 0 Å². The van der Waals surface area contributed by atoms with Gasteiger partial charge in [0, 0.05) is 38.5 Å². The van der Waals surface area contributed by atoms with E-state index in [1.165, 1.54) is 12.0 Å². The summed E-state index contributed by atoms with van der Waals surface area (Å²) in [5.41, 5.74) is 2.39. The molecule has 112 valence electrons. The summed E-state index contributed by atoms with van der Waals surface area (Å²) >= 11 is 0. The zero-order valence-electron chi connectivity index (χ0n) is 13.1. The number of aromatic nitrogens is 1. The van der Waals surface area contributed by atoms with Crippen LogP contribution in [0.15, 0.2) is 12.1 Å². The summed E-state index contributed by atoms with van der Waals surface area (Å²) in [6, 6.07) is 4.87. The molecule has 1 unspecified atom stereocenters. The Morgan fingerprint density at radius 3 is 2.95 bits per heavy atom. The molecule has 0 radical (unpaired) electrons. The van der Waals surface area contributed by atoms with Crippen molar-refractivity contribution in [3.05, 3.63) is 23.4 Å². The van der Waals surface area contributed by atoms with Crippen LogP contribution < -0.4 is 10.2 Å². The predicted molar refractivity (Wildman–Crippen MR) is 83.2 cm³/mol. The smallest absolute Gasteiger partial charge is 0.129 e. The van der Waals surface area contributed by atoms with Gasteiger partial charge in [-0.05, 0) is 37.5 Å². The van der Waals surface area contributed by atoms with Crippen molar-refractivity contribution >= 4 is 5.82 Å². The van der Waals surface area contributed by atoms with E-state index in [2.05, 4.69) is 43.1 Å². The molecule has 2 rings (SSSR count). The number of nitrogens with zero attached hydrogens (tertiary/aromatic N) is 2. The summed E-state index contributed by atoms with van der Waals surface area (Å²) in [5, 5.41) is 3.47. The Morgan fingerprint density at radius 2 is 2.25 bits per heavy atom. The van der Waals surface area contributed by atoms with Gasteiger partial charge in [-0.25, -0.2) is 4.98 Å². The first-order chi connectivity index (χ1) is 9.58. The minimum Gasteiger partial charge on any atom is -0.380 e. The number of ether oxygens (including phenoxy) is 1. The molecule has 1 aliphatic rings. The SMILES string of the molecule is COC1CCCN(c2cc(CNC(C)C)cc(C)n2)C1. The fraction of sp³-hybridized carbons (Fsp3) is 0.688. The summed E-state index contributed by atoms with van der Waals surface area (Å²) < 4.78 is 5.50. The molecule has 1 fully saturated rings. The lowest BCUT2D eigenvalue weighted by molar-refractivity contribution is 0.0891. The Kier molecular flexibility index (Phi) is 5.38. The number of nitrogens with one attached hydrogen (secondary N) is 1. The highest BCUT2D eigenvalue weighted by Gasteiger charge is 2.20. The Hall–Kier alpha value is -1.13. The second-order valence-electron chi connectivity index (χ2n) is 5.96. The van der Waals surface area contributed by atoms with Crippen LogP contribution in [-0.2, 0) is 11.3 Å².